The molecule has 1 N–H and O–H groups in total. The van der Waals surface area contributed by atoms with Crippen molar-refractivity contribution in [2.45, 2.75) is 25.9 Å². The number of carbonyl (C=O) groups is 1. The van der Waals surface area contributed by atoms with Gasteiger partial charge in [0.15, 0.2) is 0 Å². The molecule has 4 nitrogen and oxygen atoms in total. The molecule has 1 amide bonds. The van der Waals surface area contributed by atoms with E-state index < -0.39 is 0 Å². The second kappa shape index (κ2) is 9.39. The summed E-state index contributed by atoms with van der Waals surface area (Å²) in [6, 6.07) is 17.6. The Kier molecular flexibility index (Phi) is 6.67. The molecule has 2 aromatic rings. The van der Waals surface area contributed by atoms with E-state index in [1.807, 2.05) is 66.5 Å². The van der Waals surface area contributed by atoms with E-state index in [2.05, 4.69) is 5.32 Å². The van der Waals surface area contributed by atoms with Crippen molar-refractivity contribution in [3.05, 3.63) is 65.7 Å². The Hall–Kier alpha value is -2.33. The Morgan fingerprint density at radius 2 is 1.77 bits per heavy atom. The number of hydrogen-bond acceptors (Lipinski definition) is 3. The fraction of sp³-hybridized carbons (Fsp3) is 0.409. The van der Waals surface area contributed by atoms with Crippen LogP contribution in [0.1, 0.15) is 35.2 Å². The van der Waals surface area contributed by atoms with Gasteiger partial charge in [-0.25, -0.2) is 0 Å². The molecule has 0 radical (unpaired) electrons. The van der Waals surface area contributed by atoms with Crippen LogP contribution in [0, 0.1) is 5.92 Å². The minimum atomic E-state index is 0.146. The molecule has 2 aromatic carbocycles. The van der Waals surface area contributed by atoms with E-state index >= 15 is 0 Å². The summed E-state index contributed by atoms with van der Waals surface area (Å²) in [4.78, 5) is 14.7. The van der Waals surface area contributed by atoms with Crippen molar-refractivity contribution < 1.29 is 9.53 Å². The molecule has 1 saturated heterocycles. The zero-order valence-electron chi connectivity index (χ0n) is 15.5. The van der Waals surface area contributed by atoms with Crippen molar-refractivity contribution in [1.82, 2.24) is 10.2 Å². The lowest BCUT2D eigenvalue weighted by Crippen LogP contribution is -2.38. The van der Waals surface area contributed by atoms with Crippen LogP contribution >= 0.6 is 0 Å². The van der Waals surface area contributed by atoms with E-state index in [9.17, 15) is 4.79 Å². The van der Waals surface area contributed by atoms with E-state index in [1.165, 1.54) is 6.42 Å². The van der Waals surface area contributed by atoms with Crippen LogP contribution in [0.3, 0.4) is 0 Å². The van der Waals surface area contributed by atoms with Gasteiger partial charge in [-0.15, -0.1) is 0 Å². The molecule has 1 aliphatic rings. The van der Waals surface area contributed by atoms with Crippen LogP contribution < -0.4 is 10.1 Å². The number of hydrogen-bond donors (Lipinski definition) is 1. The molecule has 1 heterocycles. The van der Waals surface area contributed by atoms with Gasteiger partial charge in [0.2, 0.25) is 0 Å². The molecule has 26 heavy (non-hydrogen) atoms. The molecule has 1 aliphatic heterocycles. The number of nitrogens with zero attached hydrogens (tertiary/aromatic N) is 1. The fourth-order valence-electron chi connectivity index (χ4n) is 3.38. The second-order valence-electron chi connectivity index (χ2n) is 6.93. The summed E-state index contributed by atoms with van der Waals surface area (Å²) in [6.07, 6.45) is 3.42. The second-order valence-corrected chi connectivity index (χ2v) is 6.93. The predicted octanol–water partition coefficient (Wildman–Crippen LogP) is 3.73. The maximum atomic E-state index is 12.7. The number of ether oxygens (including phenoxy) is 1. The van der Waals surface area contributed by atoms with Gasteiger partial charge in [0, 0.05) is 18.7 Å². The first-order chi connectivity index (χ1) is 12.8. The minimum absolute atomic E-state index is 0.146. The van der Waals surface area contributed by atoms with Crippen LogP contribution in [0.15, 0.2) is 54.6 Å². The van der Waals surface area contributed by atoms with E-state index in [4.69, 9.17) is 4.74 Å². The normalized spacial score (nSPS) is 15.0. The summed E-state index contributed by atoms with van der Waals surface area (Å²) in [5.74, 6) is 1.74. The number of para-hydroxylation sites is 1. The minimum Gasteiger partial charge on any atom is -0.489 e. The van der Waals surface area contributed by atoms with Gasteiger partial charge in [-0.2, -0.15) is 0 Å². The third-order valence-corrected chi connectivity index (χ3v) is 5.05. The average molecular weight is 352 g/mol. The van der Waals surface area contributed by atoms with Crippen LogP contribution in [-0.4, -0.2) is 37.5 Å². The van der Waals surface area contributed by atoms with Crippen molar-refractivity contribution in [1.29, 1.82) is 0 Å². The Morgan fingerprint density at radius 1 is 1.08 bits per heavy atom. The molecule has 4 heteroatoms. The highest BCUT2D eigenvalue weighted by Crippen LogP contribution is 2.21. The first kappa shape index (κ1) is 18.5. The molecule has 0 unspecified atom stereocenters. The van der Waals surface area contributed by atoms with Crippen molar-refractivity contribution in [2.75, 3.05) is 26.7 Å². The van der Waals surface area contributed by atoms with Crippen molar-refractivity contribution in [2.24, 2.45) is 5.92 Å². The average Bonchev–Trinajstić information content (AvgIpc) is 2.72. The molecule has 0 aromatic heterocycles. The standard InChI is InChI=1S/C22H28N2O2/c1-23-14-11-18-12-15-24(16-13-18)22(25)20-9-7-19(8-10-20)17-26-21-5-3-2-4-6-21/h2-10,18,23H,11-17H2,1H3. The lowest BCUT2D eigenvalue weighted by molar-refractivity contribution is 0.0687. The van der Waals surface area contributed by atoms with Crippen LogP contribution in [0.4, 0.5) is 0 Å². The Labute approximate surface area is 156 Å². The lowest BCUT2D eigenvalue weighted by Gasteiger charge is -2.32. The molecule has 0 aliphatic carbocycles. The highest BCUT2D eigenvalue weighted by atomic mass is 16.5. The number of amides is 1. The predicted molar refractivity (Wildman–Crippen MR) is 104 cm³/mol. The fourth-order valence-corrected chi connectivity index (χ4v) is 3.38. The molecule has 138 valence electrons. The molecule has 0 spiro atoms. The smallest absolute Gasteiger partial charge is 0.253 e. The number of piperidine rings is 1. The van der Waals surface area contributed by atoms with E-state index in [0.717, 1.165) is 55.3 Å². The van der Waals surface area contributed by atoms with Gasteiger partial charge in [0.1, 0.15) is 12.4 Å². The third-order valence-electron chi connectivity index (χ3n) is 5.05. The highest BCUT2D eigenvalue weighted by Gasteiger charge is 2.23. The largest absolute Gasteiger partial charge is 0.489 e. The molecular weight excluding hydrogens is 324 g/mol. The Morgan fingerprint density at radius 3 is 2.42 bits per heavy atom. The van der Waals surface area contributed by atoms with E-state index in [-0.39, 0.29) is 5.91 Å². The summed E-state index contributed by atoms with van der Waals surface area (Å²) in [6.45, 7) is 3.30. The third kappa shape index (κ3) is 5.09. The zero-order valence-corrected chi connectivity index (χ0v) is 15.5. The van der Waals surface area contributed by atoms with Crippen molar-refractivity contribution >= 4 is 5.91 Å². The maximum absolute atomic E-state index is 12.7. The summed E-state index contributed by atoms with van der Waals surface area (Å²) >= 11 is 0. The van der Waals surface area contributed by atoms with Gasteiger partial charge >= 0.3 is 0 Å². The number of benzene rings is 2. The number of carbonyl (C=O) groups excluding carboxylic acids is 1. The monoisotopic (exact) mass is 352 g/mol. The summed E-state index contributed by atoms with van der Waals surface area (Å²) in [7, 11) is 1.99. The summed E-state index contributed by atoms with van der Waals surface area (Å²) < 4.78 is 5.75. The van der Waals surface area contributed by atoms with Gasteiger partial charge in [-0.3, -0.25) is 4.79 Å². The van der Waals surface area contributed by atoms with Gasteiger partial charge in [0.05, 0.1) is 0 Å². The topological polar surface area (TPSA) is 41.6 Å². The molecule has 0 atom stereocenters. The van der Waals surface area contributed by atoms with Crippen molar-refractivity contribution in [3.63, 3.8) is 0 Å². The first-order valence-electron chi connectivity index (χ1n) is 9.47. The van der Waals surface area contributed by atoms with Gasteiger partial charge in [-0.05, 0) is 68.6 Å². The molecule has 0 saturated carbocycles. The molecule has 3 rings (SSSR count). The van der Waals surface area contributed by atoms with Crippen LogP contribution in [0.5, 0.6) is 5.75 Å². The number of nitrogens with one attached hydrogen (secondary N) is 1. The lowest BCUT2D eigenvalue weighted by atomic mass is 9.93. The zero-order chi connectivity index (χ0) is 18.2. The van der Waals surface area contributed by atoms with E-state index in [1.54, 1.807) is 0 Å². The maximum Gasteiger partial charge on any atom is 0.253 e. The van der Waals surface area contributed by atoms with Crippen LogP contribution in [0.2, 0.25) is 0 Å². The van der Waals surface area contributed by atoms with Crippen LogP contribution in [-0.2, 0) is 6.61 Å². The van der Waals surface area contributed by atoms with Gasteiger partial charge in [0.25, 0.3) is 5.91 Å². The Balaban J connectivity index is 1.49. The summed E-state index contributed by atoms with van der Waals surface area (Å²) in [5, 5.41) is 3.21. The quantitative estimate of drug-likeness (QED) is 0.826. The SMILES string of the molecule is CNCCC1CCN(C(=O)c2ccc(COc3ccccc3)cc2)CC1. The highest BCUT2D eigenvalue weighted by molar-refractivity contribution is 5.94. The Bertz CT molecular complexity index is 677. The van der Waals surface area contributed by atoms with Crippen LogP contribution in [0.25, 0.3) is 0 Å². The van der Waals surface area contributed by atoms with Gasteiger partial charge < -0.3 is 15.0 Å². The molecule has 1 fully saturated rings. The molecule has 0 bridgehead atoms. The van der Waals surface area contributed by atoms with Crippen molar-refractivity contribution in [3.8, 4) is 5.75 Å². The number of likely N-dealkylation sites (tertiary alicyclic amines) is 1. The van der Waals surface area contributed by atoms with E-state index in [0.29, 0.717) is 6.61 Å². The van der Waals surface area contributed by atoms with Gasteiger partial charge in [-0.1, -0.05) is 30.3 Å². The molecular formula is C22H28N2O2. The first-order valence-corrected chi connectivity index (χ1v) is 9.47. The summed E-state index contributed by atoms with van der Waals surface area (Å²) in [5.41, 5.74) is 1.83. The number of rotatable bonds is 7.